The highest BCUT2D eigenvalue weighted by molar-refractivity contribution is 5.99. The topological polar surface area (TPSA) is 77.1 Å². The minimum atomic E-state index is 0.0435. The Hall–Kier alpha value is -1.91. The molecule has 0 aliphatic heterocycles. The second kappa shape index (κ2) is 4.95. The number of benzene rings is 1. The average molecular weight is 236 g/mol. The van der Waals surface area contributed by atoms with E-state index >= 15 is 0 Å². The summed E-state index contributed by atoms with van der Waals surface area (Å²) < 4.78 is 10.9. The molecule has 3 N–H and O–H groups in total. The highest BCUT2D eigenvalue weighted by Crippen LogP contribution is 2.30. The van der Waals surface area contributed by atoms with E-state index in [9.17, 15) is 0 Å². The van der Waals surface area contributed by atoms with Crippen LogP contribution in [0.15, 0.2) is 23.4 Å². The quantitative estimate of drug-likeness (QED) is 0.361. The molecule has 0 radical (unpaired) electrons. The molecular formula is C12H16N2O3. The summed E-state index contributed by atoms with van der Waals surface area (Å²) in [6.07, 6.45) is 3.51. The molecule has 17 heavy (non-hydrogen) atoms. The first kappa shape index (κ1) is 11.6. The molecule has 1 saturated carbocycles. The Balaban J connectivity index is 2.29. The predicted octanol–water partition coefficient (Wildman–Crippen LogP) is 1.72. The highest BCUT2D eigenvalue weighted by Gasteiger charge is 2.21. The van der Waals surface area contributed by atoms with Gasteiger partial charge < -0.3 is 20.4 Å². The lowest BCUT2D eigenvalue weighted by Crippen LogP contribution is -2.26. The van der Waals surface area contributed by atoms with Gasteiger partial charge in [-0.15, -0.1) is 0 Å². The summed E-state index contributed by atoms with van der Waals surface area (Å²) in [6, 6.07) is 5.23. The van der Waals surface area contributed by atoms with Crippen molar-refractivity contribution in [2.75, 3.05) is 7.11 Å². The first-order chi connectivity index (χ1) is 8.24. The summed E-state index contributed by atoms with van der Waals surface area (Å²) in [5.41, 5.74) is 6.18. The van der Waals surface area contributed by atoms with Crippen molar-refractivity contribution in [1.29, 1.82) is 0 Å². The number of ether oxygens (including phenoxy) is 2. The molecular weight excluding hydrogens is 220 g/mol. The van der Waals surface area contributed by atoms with Gasteiger partial charge in [0.25, 0.3) is 0 Å². The molecule has 0 atom stereocenters. The van der Waals surface area contributed by atoms with Crippen molar-refractivity contribution in [2.45, 2.75) is 25.4 Å². The van der Waals surface area contributed by atoms with Gasteiger partial charge in [0.1, 0.15) is 11.5 Å². The van der Waals surface area contributed by atoms with Crippen LogP contribution in [-0.2, 0) is 0 Å². The zero-order valence-electron chi connectivity index (χ0n) is 9.72. The van der Waals surface area contributed by atoms with Crippen LogP contribution < -0.4 is 15.2 Å². The molecule has 0 spiro atoms. The van der Waals surface area contributed by atoms with Gasteiger partial charge in [-0.05, 0) is 31.4 Å². The van der Waals surface area contributed by atoms with E-state index in [2.05, 4.69) is 5.16 Å². The van der Waals surface area contributed by atoms with Crippen molar-refractivity contribution in [3.05, 3.63) is 23.8 Å². The lowest BCUT2D eigenvalue weighted by Gasteiger charge is -2.27. The monoisotopic (exact) mass is 236 g/mol. The fourth-order valence-corrected chi connectivity index (χ4v) is 1.66. The molecule has 0 heterocycles. The second-order valence-electron chi connectivity index (χ2n) is 4.02. The smallest absolute Gasteiger partial charge is 0.173 e. The van der Waals surface area contributed by atoms with Crippen molar-refractivity contribution in [1.82, 2.24) is 0 Å². The standard InChI is InChI=1S/C12H16N2O3/c1-16-9-5-6-10(12(13)14-15)11(7-9)17-8-3-2-4-8/h5-8,15H,2-4H2,1H3,(H2,13,14). The molecule has 2 rings (SSSR count). The van der Waals surface area contributed by atoms with Crippen LogP contribution in [0.3, 0.4) is 0 Å². The van der Waals surface area contributed by atoms with Crippen LogP contribution in [0.1, 0.15) is 24.8 Å². The van der Waals surface area contributed by atoms with Crippen LogP contribution in [-0.4, -0.2) is 24.3 Å². The third-order valence-corrected chi connectivity index (χ3v) is 2.92. The van der Waals surface area contributed by atoms with E-state index in [1.807, 2.05) is 0 Å². The second-order valence-corrected chi connectivity index (χ2v) is 4.02. The number of rotatable bonds is 4. The van der Waals surface area contributed by atoms with Gasteiger partial charge in [0.2, 0.25) is 0 Å². The normalized spacial score (nSPS) is 16.4. The van der Waals surface area contributed by atoms with E-state index in [0.717, 1.165) is 12.8 Å². The van der Waals surface area contributed by atoms with Crippen LogP contribution in [0, 0.1) is 0 Å². The summed E-state index contributed by atoms with van der Waals surface area (Å²) in [5.74, 6) is 1.33. The van der Waals surface area contributed by atoms with Crippen LogP contribution in [0.5, 0.6) is 11.5 Å². The molecule has 1 aromatic carbocycles. The Morgan fingerprint density at radius 1 is 1.47 bits per heavy atom. The van der Waals surface area contributed by atoms with Crippen molar-refractivity contribution in [3.63, 3.8) is 0 Å². The van der Waals surface area contributed by atoms with E-state index < -0.39 is 0 Å². The first-order valence-electron chi connectivity index (χ1n) is 5.57. The zero-order valence-corrected chi connectivity index (χ0v) is 9.72. The molecule has 0 bridgehead atoms. The van der Waals surface area contributed by atoms with Crippen molar-refractivity contribution < 1.29 is 14.7 Å². The van der Waals surface area contributed by atoms with E-state index in [1.165, 1.54) is 6.42 Å². The van der Waals surface area contributed by atoms with E-state index in [-0.39, 0.29) is 11.9 Å². The summed E-state index contributed by atoms with van der Waals surface area (Å²) in [5, 5.41) is 11.7. The molecule has 0 unspecified atom stereocenters. The van der Waals surface area contributed by atoms with E-state index in [4.69, 9.17) is 20.4 Å². The Morgan fingerprint density at radius 3 is 2.76 bits per heavy atom. The number of amidine groups is 1. The number of methoxy groups -OCH3 is 1. The van der Waals surface area contributed by atoms with Crippen LogP contribution >= 0.6 is 0 Å². The first-order valence-corrected chi connectivity index (χ1v) is 5.57. The maximum Gasteiger partial charge on any atom is 0.173 e. The van der Waals surface area contributed by atoms with Gasteiger partial charge in [-0.3, -0.25) is 0 Å². The van der Waals surface area contributed by atoms with Gasteiger partial charge in [0, 0.05) is 6.07 Å². The molecule has 0 aromatic heterocycles. The Morgan fingerprint density at radius 2 is 2.24 bits per heavy atom. The average Bonchev–Trinajstić information content (AvgIpc) is 2.32. The number of oxime groups is 1. The van der Waals surface area contributed by atoms with Gasteiger partial charge in [-0.25, -0.2) is 0 Å². The maximum atomic E-state index is 8.72. The van der Waals surface area contributed by atoms with Gasteiger partial charge in [0.15, 0.2) is 5.84 Å². The summed E-state index contributed by atoms with van der Waals surface area (Å²) in [7, 11) is 1.59. The third-order valence-electron chi connectivity index (χ3n) is 2.92. The van der Waals surface area contributed by atoms with Crippen LogP contribution in [0.25, 0.3) is 0 Å². The minimum absolute atomic E-state index is 0.0435. The van der Waals surface area contributed by atoms with Gasteiger partial charge >= 0.3 is 0 Å². The molecule has 1 aliphatic rings. The van der Waals surface area contributed by atoms with Crippen LogP contribution in [0.4, 0.5) is 0 Å². The lowest BCUT2D eigenvalue weighted by molar-refractivity contribution is 0.119. The molecule has 92 valence electrons. The summed E-state index contributed by atoms with van der Waals surface area (Å²) >= 11 is 0. The minimum Gasteiger partial charge on any atom is -0.497 e. The van der Waals surface area contributed by atoms with Gasteiger partial charge in [0.05, 0.1) is 18.8 Å². The van der Waals surface area contributed by atoms with Gasteiger partial charge in [-0.1, -0.05) is 5.16 Å². The fraction of sp³-hybridized carbons (Fsp3) is 0.417. The third kappa shape index (κ3) is 2.43. The Kier molecular flexibility index (Phi) is 3.37. The maximum absolute atomic E-state index is 8.72. The van der Waals surface area contributed by atoms with E-state index in [1.54, 1.807) is 25.3 Å². The number of hydrogen-bond acceptors (Lipinski definition) is 4. The highest BCUT2D eigenvalue weighted by atomic mass is 16.5. The zero-order chi connectivity index (χ0) is 12.3. The van der Waals surface area contributed by atoms with Crippen LogP contribution in [0.2, 0.25) is 0 Å². The molecule has 1 aromatic rings. The molecule has 1 fully saturated rings. The van der Waals surface area contributed by atoms with Crippen molar-refractivity contribution >= 4 is 5.84 Å². The number of nitrogens with zero attached hydrogens (tertiary/aromatic N) is 1. The molecule has 0 amide bonds. The molecule has 5 nitrogen and oxygen atoms in total. The van der Waals surface area contributed by atoms with Gasteiger partial charge in [-0.2, -0.15) is 0 Å². The van der Waals surface area contributed by atoms with E-state index in [0.29, 0.717) is 17.1 Å². The fourth-order valence-electron chi connectivity index (χ4n) is 1.66. The SMILES string of the molecule is COc1ccc(/C(N)=N/O)c(OC2CCC2)c1. The summed E-state index contributed by atoms with van der Waals surface area (Å²) in [4.78, 5) is 0. The number of hydrogen-bond donors (Lipinski definition) is 2. The molecule has 1 aliphatic carbocycles. The summed E-state index contributed by atoms with van der Waals surface area (Å²) in [6.45, 7) is 0. The molecule has 5 heteroatoms. The Bertz CT molecular complexity index is 428. The largest absolute Gasteiger partial charge is 0.497 e. The lowest BCUT2D eigenvalue weighted by atomic mass is 9.96. The molecule has 0 saturated heterocycles. The van der Waals surface area contributed by atoms with Crippen molar-refractivity contribution in [2.24, 2.45) is 10.9 Å². The number of nitrogens with two attached hydrogens (primary N) is 1. The van der Waals surface area contributed by atoms with Crippen molar-refractivity contribution in [3.8, 4) is 11.5 Å². The predicted molar refractivity (Wildman–Crippen MR) is 63.8 cm³/mol. The Labute approximate surface area is 99.8 Å².